The van der Waals surface area contributed by atoms with Crippen LogP contribution in [0.25, 0.3) is 10.9 Å². The number of phenolic OH excluding ortho intramolecular Hbond substituents is 1. The lowest BCUT2D eigenvalue weighted by atomic mass is 10.1. The number of carbonyl (C=O) groups excluding carboxylic acids is 2. The van der Waals surface area contributed by atoms with Crippen molar-refractivity contribution in [3.8, 4) is 5.75 Å². The minimum absolute atomic E-state index is 0.0148. The number of hydrazone groups is 1. The number of rotatable bonds is 6. The molecule has 0 atom stereocenters. The Kier molecular flexibility index (Phi) is 5.98. The predicted molar refractivity (Wildman–Crippen MR) is 122 cm³/mol. The zero-order chi connectivity index (χ0) is 22.5. The zero-order valence-electron chi connectivity index (χ0n) is 17.4. The number of para-hydroxylation sites is 1. The first-order chi connectivity index (χ1) is 15.5. The fourth-order valence-corrected chi connectivity index (χ4v) is 3.49. The minimum atomic E-state index is -0.416. The number of esters is 1. The van der Waals surface area contributed by atoms with E-state index in [1.165, 1.54) is 19.2 Å². The highest BCUT2D eigenvalue weighted by atomic mass is 16.5. The molecule has 7 nitrogen and oxygen atoms in total. The molecule has 0 fully saturated rings. The molecule has 4 aromatic rings. The summed E-state index contributed by atoms with van der Waals surface area (Å²) in [4.78, 5) is 24.1. The maximum atomic E-state index is 12.2. The van der Waals surface area contributed by atoms with Gasteiger partial charge in [0, 0.05) is 34.8 Å². The smallest absolute Gasteiger partial charge is 0.337 e. The van der Waals surface area contributed by atoms with Gasteiger partial charge in [-0.2, -0.15) is 5.10 Å². The molecule has 0 radical (unpaired) electrons. The van der Waals surface area contributed by atoms with Crippen molar-refractivity contribution in [3.05, 3.63) is 101 Å². The molecule has 3 aromatic carbocycles. The van der Waals surface area contributed by atoms with Gasteiger partial charge in [-0.25, -0.2) is 10.2 Å². The van der Waals surface area contributed by atoms with Crippen LogP contribution in [0.3, 0.4) is 0 Å². The maximum Gasteiger partial charge on any atom is 0.337 e. The van der Waals surface area contributed by atoms with Crippen LogP contribution >= 0.6 is 0 Å². The average Bonchev–Trinajstić information content (AvgIpc) is 3.16. The standard InChI is InChI=1S/C25H21N3O4/c1-32-25(31)19-8-4-6-17(12-19)15-28-16-20(22-10-2-3-11-23(22)28)14-26-27-24(30)18-7-5-9-21(29)13-18/h2-14,16,29H,15H2,1H3,(H,27,30). The summed E-state index contributed by atoms with van der Waals surface area (Å²) in [6.45, 7) is 0.550. The van der Waals surface area contributed by atoms with E-state index in [9.17, 15) is 14.7 Å². The van der Waals surface area contributed by atoms with Gasteiger partial charge in [-0.1, -0.05) is 36.4 Å². The summed E-state index contributed by atoms with van der Waals surface area (Å²) < 4.78 is 6.87. The van der Waals surface area contributed by atoms with Gasteiger partial charge in [-0.3, -0.25) is 4.79 Å². The average molecular weight is 427 g/mol. The first kappa shape index (κ1) is 20.9. The van der Waals surface area contributed by atoms with Gasteiger partial charge in [0.05, 0.1) is 18.9 Å². The Balaban J connectivity index is 1.57. The number of hydrogen-bond acceptors (Lipinski definition) is 5. The molecule has 4 rings (SSSR count). The molecule has 32 heavy (non-hydrogen) atoms. The van der Waals surface area contributed by atoms with Gasteiger partial charge in [-0.15, -0.1) is 0 Å². The number of ether oxygens (including phenoxy) is 1. The number of aromatic hydroxyl groups is 1. The van der Waals surface area contributed by atoms with E-state index in [4.69, 9.17) is 4.74 Å². The van der Waals surface area contributed by atoms with Crippen LogP contribution in [0.5, 0.6) is 5.75 Å². The summed E-state index contributed by atoms with van der Waals surface area (Å²) in [7, 11) is 1.36. The highest BCUT2D eigenvalue weighted by Crippen LogP contribution is 2.22. The van der Waals surface area contributed by atoms with Gasteiger partial charge in [0.25, 0.3) is 5.91 Å². The van der Waals surface area contributed by atoms with Gasteiger partial charge < -0.3 is 14.4 Å². The summed E-state index contributed by atoms with van der Waals surface area (Å²) in [5, 5.41) is 14.6. The minimum Gasteiger partial charge on any atom is -0.508 e. The first-order valence-corrected chi connectivity index (χ1v) is 9.93. The number of nitrogens with zero attached hydrogens (tertiary/aromatic N) is 2. The largest absolute Gasteiger partial charge is 0.508 e. The molecular weight excluding hydrogens is 406 g/mol. The molecule has 0 unspecified atom stereocenters. The second-order valence-electron chi connectivity index (χ2n) is 7.17. The predicted octanol–water partition coefficient (Wildman–Crippen LogP) is 3.95. The number of amides is 1. The van der Waals surface area contributed by atoms with E-state index in [0.717, 1.165) is 22.0 Å². The van der Waals surface area contributed by atoms with Crippen molar-refractivity contribution >= 4 is 29.0 Å². The van der Waals surface area contributed by atoms with Gasteiger partial charge >= 0.3 is 5.97 Å². The van der Waals surface area contributed by atoms with E-state index in [1.54, 1.807) is 24.4 Å². The van der Waals surface area contributed by atoms with Crippen molar-refractivity contribution in [2.75, 3.05) is 7.11 Å². The van der Waals surface area contributed by atoms with Crippen molar-refractivity contribution in [3.63, 3.8) is 0 Å². The van der Waals surface area contributed by atoms with E-state index in [0.29, 0.717) is 17.7 Å². The summed E-state index contributed by atoms with van der Waals surface area (Å²) in [5.41, 5.74) is 6.08. The Hall–Kier alpha value is -4.39. The lowest BCUT2D eigenvalue weighted by Crippen LogP contribution is -2.17. The zero-order valence-corrected chi connectivity index (χ0v) is 17.4. The second-order valence-corrected chi connectivity index (χ2v) is 7.17. The Morgan fingerprint density at radius 2 is 1.81 bits per heavy atom. The summed E-state index contributed by atoms with van der Waals surface area (Å²) >= 11 is 0. The molecule has 0 aliphatic rings. The van der Waals surface area contributed by atoms with Crippen molar-refractivity contribution in [2.24, 2.45) is 5.10 Å². The lowest BCUT2D eigenvalue weighted by molar-refractivity contribution is 0.0600. The Morgan fingerprint density at radius 1 is 1.03 bits per heavy atom. The van der Waals surface area contributed by atoms with Crippen LogP contribution < -0.4 is 5.43 Å². The molecular formula is C25H21N3O4. The van der Waals surface area contributed by atoms with E-state index < -0.39 is 5.91 Å². The van der Waals surface area contributed by atoms with Crippen LogP contribution in [0.1, 0.15) is 31.8 Å². The van der Waals surface area contributed by atoms with Gasteiger partial charge in [-0.05, 0) is 42.0 Å². The fraction of sp³-hybridized carbons (Fsp3) is 0.0800. The number of carbonyl (C=O) groups is 2. The molecule has 1 amide bonds. The number of aromatic nitrogens is 1. The summed E-state index contributed by atoms with van der Waals surface area (Å²) in [6, 6.07) is 21.2. The van der Waals surface area contributed by atoms with Crippen molar-refractivity contribution in [1.29, 1.82) is 0 Å². The Bertz CT molecular complexity index is 1320. The Labute approximate surface area is 184 Å². The third-order valence-corrected chi connectivity index (χ3v) is 5.00. The molecule has 1 heterocycles. The van der Waals surface area contributed by atoms with Gasteiger partial charge in [0.15, 0.2) is 0 Å². The van der Waals surface area contributed by atoms with Crippen molar-refractivity contribution in [1.82, 2.24) is 9.99 Å². The van der Waals surface area contributed by atoms with E-state index >= 15 is 0 Å². The Morgan fingerprint density at radius 3 is 2.62 bits per heavy atom. The molecule has 0 saturated carbocycles. The fourth-order valence-electron chi connectivity index (χ4n) is 3.49. The molecule has 2 N–H and O–H groups in total. The molecule has 0 saturated heterocycles. The van der Waals surface area contributed by atoms with E-state index in [1.807, 2.05) is 48.7 Å². The van der Waals surface area contributed by atoms with Gasteiger partial charge in [0.1, 0.15) is 5.75 Å². The van der Waals surface area contributed by atoms with E-state index in [-0.39, 0.29) is 11.7 Å². The van der Waals surface area contributed by atoms with Crippen LogP contribution in [0.15, 0.2) is 84.1 Å². The van der Waals surface area contributed by atoms with E-state index in [2.05, 4.69) is 15.1 Å². The molecule has 160 valence electrons. The highest BCUT2D eigenvalue weighted by molar-refractivity contribution is 6.00. The molecule has 7 heteroatoms. The maximum absolute atomic E-state index is 12.2. The SMILES string of the molecule is COC(=O)c1cccc(Cn2cc(C=NNC(=O)c3cccc(O)c3)c3ccccc32)c1. The number of nitrogens with one attached hydrogen (secondary N) is 1. The molecule has 0 bridgehead atoms. The number of fused-ring (bicyclic) bond motifs is 1. The third-order valence-electron chi connectivity index (χ3n) is 5.00. The van der Waals surface area contributed by atoms with Gasteiger partial charge in [0.2, 0.25) is 0 Å². The van der Waals surface area contributed by atoms with Crippen LogP contribution in [0.2, 0.25) is 0 Å². The quantitative estimate of drug-likeness (QED) is 0.277. The summed E-state index contributed by atoms with van der Waals surface area (Å²) in [6.07, 6.45) is 3.53. The normalized spacial score (nSPS) is 11.0. The number of benzene rings is 3. The highest BCUT2D eigenvalue weighted by Gasteiger charge is 2.10. The van der Waals surface area contributed by atoms with Crippen molar-refractivity contribution in [2.45, 2.75) is 6.54 Å². The number of methoxy groups -OCH3 is 1. The molecule has 0 spiro atoms. The van der Waals surface area contributed by atoms with Crippen LogP contribution in [0.4, 0.5) is 0 Å². The first-order valence-electron chi connectivity index (χ1n) is 9.93. The van der Waals surface area contributed by atoms with Crippen molar-refractivity contribution < 1.29 is 19.4 Å². The topological polar surface area (TPSA) is 92.9 Å². The van der Waals surface area contributed by atoms with Crippen LogP contribution in [-0.4, -0.2) is 34.9 Å². The van der Waals surface area contributed by atoms with Crippen LogP contribution in [-0.2, 0) is 11.3 Å². The molecule has 0 aliphatic heterocycles. The summed E-state index contributed by atoms with van der Waals surface area (Å²) in [5.74, 6) is -0.777. The second kappa shape index (κ2) is 9.18. The number of hydrogen-bond donors (Lipinski definition) is 2. The van der Waals surface area contributed by atoms with Crippen LogP contribution in [0, 0.1) is 0 Å². The number of phenols is 1. The monoisotopic (exact) mass is 427 g/mol. The molecule has 0 aliphatic carbocycles. The third kappa shape index (κ3) is 4.52. The molecule has 1 aromatic heterocycles. The lowest BCUT2D eigenvalue weighted by Gasteiger charge is -2.07.